The molecule has 0 saturated carbocycles. The number of aliphatic hydroxyl groups excluding tert-OH is 23. The average Bonchev–Trinajstić information content (AvgIpc) is 0.739. The Bertz CT molecular complexity index is 3960. The number of amides is 5. The van der Waals surface area contributed by atoms with Gasteiger partial charge in [0.05, 0.1) is 101 Å². The third kappa shape index (κ3) is 36.9. The summed E-state index contributed by atoms with van der Waals surface area (Å²) < 4.78 is 83.7. The van der Waals surface area contributed by atoms with Crippen molar-refractivity contribution in [1.82, 2.24) is 26.6 Å². The minimum atomic E-state index is -3.68. The van der Waals surface area contributed by atoms with Crippen LogP contribution < -0.4 is 26.6 Å². The van der Waals surface area contributed by atoms with Crippen molar-refractivity contribution in [2.45, 2.75) is 504 Å². The van der Waals surface area contributed by atoms with Gasteiger partial charge in [-0.05, 0) is 18.8 Å². The van der Waals surface area contributed by atoms with Gasteiger partial charge in [0, 0.05) is 53.4 Å². The molecule has 5 amide bonds. The van der Waals surface area contributed by atoms with E-state index in [1.807, 2.05) is 0 Å². The summed E-state index contributed by atoms with van der Waals surface area (Å²) in [5.41, 5.74) is 0. The normalized spacial score (nSPS) is 35.2. The summed E-state index contributed by atoms with van der Waals surface area (Å²) in [6.07, 6.45) is -52.3. The number of unbranched alkanes of at least 4 members (excludes halogenated alkanes) is 24. The number of hydrogen-bond acceptors (Lipinski definition) is 45. The predicted molar refractivity (Wildman–Crippen MR) is 512 cm³/mol. The van der Waals surface area contributed by atoms with Gasteiger partial charge in [-0.3, -0.25) is 24.0 Å². The summed E-state index contributed by atoms with van der Waals surface area (Å²) in [7, 11) is 0. The van der Waals surface area contributed by atoms with Gasteiger partial charge in [-0.1, -0.05) is 188 Å². The molecule has 53 nitrogen and oxygen atoms in total. The van der Waals surface area contributed by atoms with Crippen molar-refractivity contribution in [2.24, 2.45) is 5.92 Å². The molecule has 0 aromatic carbocycles. The minimum Gasteiger partial charge on any atom is -0.477 e. The van der Waals surface area contributed by atoms with Crippen LogP contribution in [0.1, 0.15) is 254 Å². The average molecular weight is 2180 g/mol. The SMILES string of the molecule is CCCCCCCCCCCCCCCCCCCC(=O)N[C@@H](CO[C@@H]1O[C@H](CO)[C@@H](O[C@@H]2O[C@H](CO)[C@H](O)[C@H](O[C@@H]3O[C@H](CO)[C@H](O)[C@H](O[C@]4(C(=O)O)C[C@H](O)[C@@H](NC(C)=O)[C@H]([C@H](O)[C@@H](CO)O[C@@H]5O[C@H](CO)[C@H](O[C@]6(C(=O)O)C[C@H](O)[C@@H](NC(C)=O)[C@H]([C@H](O)[C@H](O)CO)O6)[C@H](O[C@]6(C(=O)O)C[C@H](O)[C@@H](NC(C)=O)[C@H]([C@H](O)[C@H](O)CO)O6)[C@H]5O)O4)[C@H]3NC(C)=O)[C@H]2O)[C@H](O)[C@H]1O)[C@H](O)[C@H](O)CCCCCCCCCCCC(C)C. The molecular formula is C97H171N5O48. The zero-order valence-electron chi connectivity index (χ0n) is 86.4. The van der Waals surface area contributed by atoms with Crippen LogP contribution in [-0.4, -0.2) is 483 Å². The Kier molecular flexibility index (Phi) is 56.3. The van der Waals surface area contributed by atoms with Crippen molar-refractivity contribution in [3.63, 3.8) is 0 Å². The third-order valence-corrected chi connectivity index (χ3v) is 28.5. The van der Waals surface area contributed by atoms with Gasteiger partial charge >= 0.3 is 17.9 Å². The molecule has 0 bridgehead atoms. The van der Waals surface area contributed by atoms with Crippen molar-refractivity contribution in [3.05, 3.63) is 0 Å². The minimum absolute atomic E-state index is 0.0439. The molecule has 7 aliphatic rings. The molecule has 7 saturated heterocycles. The molecular weight excluding hydrogens is 2000 g/mol. The lowest BCUT2D eigenvalue weighted by molar-refractivity contribution is -0.404. The van der Waals surface area contributed by atoms with E-state index in [-0.39, 0.29) is 12.8 Å². The number of hydrogen-bond donors (Lipinski definition) is 31. The van der Waals surface area contributed by atoms with E-state index in [4.69, 9.17) is 66.3 Å². The van der Waals surface area contributed by atoms with Crippen LogP contribution in [0, 0.1) is 5.92 Å². The van der Waals surface area contributed by atoms with Crippen LogP contribution in [0.4, 0.5) is 0 Å². The number of ether oxygens (including phenoxy) is 14. The van der Waals surface area contributed by atoms with Gasteiger partial charge in [0.15, 0.2) is 25.2 Å². The molecule has 7 fully saturated rings. The molecule has 0 radical (unpaired) electrons. The van der Waals surface area contributed by atoms with E-state index in [0.717, 1.165) is 105 Å². The first kappa shape index (κ1) is 131. The highest BCUT2D eigenvalue weighted by Crippen LogP contribution is 2.46. The second-order valence-electron chi connectivity index (χ2n) is 40.9. The van der Waals surface area contributed by atoms with E-state index >= 15 is 0 Å². The highest BCUT2D eigenvalue weighted by atomic mass is 16.8. The first-order valence-electron chi connectivity index (χ1n) is 52.6. The summed E-state index contributed by atoms with van der Waals surface area (Å²) >= 11 is 0. The van der Waals surface area contributed by atoms with Gasteiger partial charge in [-0.2, -0.15) is 0 Å². The van der Waals surface area contributed by atoms with Crippen LogP contribution in [0.5, 0.6) is 0 Å². The molecule has 0 spiro atoms. The van der Waals surface area contributed by atoms with Gasteiger partial charge < -0.3 is 226 Å². The van der Waals surface area contributed by atoms with Gasteiger partial charge in [-0.25, -0.2) is 14.4 Å². The zero-order chi connectivity index (χ0) is 111. The van der Waals surface area contributed by atoms with Crippen LogP contribution in [-0.2, 0) is 105 Å². The van der Waals surface area contributed by atoms with E-state index in [2.05, 4.69) is 47.4 Å². The molecule has 0 unspecified atom stereocenters. The lowest BCUT2D eigenvalue weighted by atomic mass is 9.87. The Morgan fingerprint density at radius 2 is 0.700 bits per heavy atom. The molecule has 872 valence electrons. The molecule has 0 aromatic rings. The smallest absolute Gasteiger partial charge is 0.364 e. The summed E-state index contributed by atoms with van der Waals surface area (Å²) in [6.45, 7) is -0.0949. The first-order valence-corrected chi connectivity index (χ1v) is 52.6. The number of carbonyl (C=O) groups is 8. The summed E-state index contributed by atoms with van der Waals surface area (Å²) in [5, 5.41) is 309. The largest absolute Gasteiger partial charge is 0.477 e. The van der Waals surface area contributed by atoms with Gasteiger partial charge in [0.1, 0.15) is 159 Å². The Balaban J connectivity index is 1.14. The van der Waals surface area contributed by atoms with Crippen LogP contribution in [0.3, 0.4) is 0 Å². The number of aliphatic hydroxyl groups is 23. The summed E-state index contributed by atoms with van der Waals surface area (Å²) in [4.78, 5) is 108. The zero-order valence-corrected chi connectivity index (χ0v) is 86.4. The molecule has 7 aliphatic heterocycles. The number of aliphatic carboxylic acids is 3. The number of carboxylic acids is 3. The predicted octanol–water partition coefficient (Wildman–Crippen LogP) is -6.86. The van der Waals surface area contributed by atoms with Crippen LogP contribution in [0.25, 0.3) is 0 Å². The molecule has 31 N–H and O–H groups in total. The number of carboxylic acid groups (broad SMARTS) is 3. The van der Waals surface area contributed by atoms with Crippen molar-refractivity contribution < 1.29 is 237 Å². The summed E-state index contributed by atoms with van der Waals surface area (Å²) in [6, 6.07) is -9.64. The van der Waals surface area contributed by atoms with Crippen molar-refractivity contribution in [2.75, 3.05) is 52.9 Å². The molecule has 53 heteroatoms. The van der Waals surface area contributed by atoms with Crippen molar-refractivity contribution >= 4 is 47.4 Å². The van der Waals surface area contributed by atoms with Crippen LogP contribution >= 0.6 is 0 Å². The highest BCUT2D eigenvalue weighted by molar-refractivity contribution is 5.79. The Morgan fingerprint density at radius 1 is 0.353 bits per heavy atom. The number of rotatable bonds is 68. The van der Waals surface area contributed by atoms with Crippen molar-refractivity contribution in [3.8, 4) is 0 Å². The Morgan fingerprint density at radius 3 is 1.10 bits per heavy atom. The maximum absolute atomic E-state index is 14.3. The van der Waals surface area contributed by atoms with E-state index in [0.29, 0.717) is 18.8 Å². The van der Waals surface area contributed by atoms with Gasteiger partial charge in [-0.15, -0.1) is 0 Å². The van der Waals surface area contributed by atoms with Gasteiger partial charge in [0.2, 0.25) is 29.5 Å². The fourth-order valence-electron chi connectivity index (χ4n) is 20.1. The number of carbonyl (C=O) groups excluding carboxylic acids is 5. The van der Waals surface area contributed by atoms with E-state index in [1.165, 1.54) is 83.5 Å². The third-order valence-electron chi connectivity index (χ3n) is 28.5. The fraction of sp³-hybridized carbons (Fsp3) is 0.918. The molecule has 0 aromatic heterocycles. The van der Waals surface area contributed by atoms with Crippen molar-refractivity contribution in [1.29, 1.82) is 0 Å². The fourth-order valence-corrected chi connectivity index (χ4v) is 20.1. The second kappa shape index (κ2) is 64.4. The van der Waals surface area contributed by atoms with Crippen LogP contribution in [0.15, 0.2) is 0 Å². The van der Waals surface area contributed by atoms with E-state index in [9.17, 15) is 171 Å². The maximum atomic E-state index is 14.3. The lowest BCUT2D eigenvalue weighted by Gasteiger charge is -2.53. The van der Waals surface area contributed by atoms with E-state index in [1.54, 1.807) is 0 Å². The molecule has 7 rings (SSSR count). The quantitative estimate of drug-likeness (QED) is 0.0252. The number of nitrogens with one attached hydrogen (secondary N) is 5. The first-order chi connectivity index (χ1) is 71.1. The topological polar surface area (TPSA) is 852 Å². The standard InChI is InChI=1S/C97H171N5O48/c1-8-9-10-11-12-13-14-15-16-17-18-19-20-24-27-30-33-36-65(120)102-53(70(121)54(114)35-32-29-26-23-21-22-25-28-31-34-48(2)3)47-137-89-77(128)76(127)80(63(45-108)141-89)143-91-78(129)86(75(126)62(44-107)140-91)144-88-69(101-52(7)113)85(74(125)60(42-105)138-88)149-96(93(133)134)38-57(117)68(100-51(6)112)84(148-96)73(124)61(43-106)139-90-79(130)87(150-97(94(135)136)39-56(116)67(99-50(5)111)83(147-97)72(123)59(119)41-104)81(64(46-109)142-90)145-95(92(131)132)37-55(115)66(98-49(4)110)82(146-95)71(122)58(118)40-103/h48,53-64,66-91,103-109,114-119,121-130H,8-47H2,1-7H3,(H,98,110)(H,99,111)(H,100,112)(H,101,113)(H,102,120)(H,131,132)(H,133,134)(H,135,136)/t53-,54+,55-,56-,57-,58+,59+,60+,61+,62+,63+,64+,66+,67+,68+,69+,70-,71+,72+,73+,74-,75-,76+,77+,78+,79+,80+,81-,82+,83+,84+,85+,86-,87+,88-,89+,90+,91-,95+,96-,97-/m0/s1. The van der Waals surface area contributed by atoms with Gasteiger partial charge in [0.25, 0.3) is 17.4 Å². The monoisotopic (exact) mass is 2170 g/mol. The highest BCUT2D eigenvalue weighted by Gasteiger charge is 2.67. The Labute approximate surface area is 870 Å². The molecule has 0 aliphatic carbocycles. The van der Waals surface area contributed by atoms with Crippen LogP contribution in [0.2, 0.25) is 0 Å². The molecule has 150 heavy (non-hydrogen) atoms. The molecule has 41 atom stereocenters. The maximum Gasteiger partial charge on any atom is 0.364 e. The Hall–Kier alpha value is -5.72. The summed E-state index contributed by atoms with van der Waals surface area (Å²) in [5.74, 6) is -22.0. The van der Waals surface area contributed by atoms with E-state index < -0.39 is 369 Å². The second-order valence-corrected chi connectivity index (χ2v) is 40.9. The molecule has 7 heterocycles. The lowest BCUT2D eigenvalue weighted by Crippen LogP contribution is -2.73.